The molecule has 0 amide bonds. The minimum atomic E-state index is 0.383. The van der Waals surface area contributed by atoms with Gasteiger partial charge in [0.1, 0.15) is 0 Å². The zero-order valence-corrected chi connectivity index (χ0v) is 9.77. The SMILES string of the molecule is C=CCOC1CCCCC1c1ccccc1. The molecular formula is C15H20O. The molecule has 1 nitrogen and oxygen atoms in total. The van der Waals surface area contributed by atoms with Crippen LogP contribution in [0.1, 0.15) is 37.2 Å². The van der Waals surface area contributed by atoms with Crippen LogP contribution in [0.2, 0.25) is 0 Å². The van der Waals surface area contributed by atoms with Crippen molar-refractivity contribution in [1.29, 1.82) is 0 Å². The van der Waals surface area contributed by atoms with E-state index in [9.17, 15) is 0 Å². The summed E-state index contributed by atoms with van der Waals surface area (Å²) < 4.78 is 5.88. The molecule has 1 aromatic carbocycles. The molecule has 0 aliphatic heterocycles. The highest BCUT2D eigenvalue weighted by Crippen LogP contribution is 2.34. The minimum Gasteiger partial charge on any atom is -0.374 e. The predicted molar refractivity (Wildman–Crippen MR) is 67.6 cm³/mol. The smallest absolute Gasteiger partial charge is 0.0648 e. The highest BCUT2D eigenvalue weighted by Gasteiger charge is 2.26. The molecule has 0 N–H and O–H groups in total. The van der Waals surface area contributed by atoms with E-state index in [0.29, 0.717) is 18.6 Å². The Hall–Kier alpha value is -1.08. The van der Waals surface area contributed by atoms with Crippen LogP contribution in [0.25, 0.3) is 0 Å². The van der Waals surface area contributed by atoms with Gasteiger partial charge in [0.25, 0.3) is 0 Å². The third-order valence-corrected chi connectivity index (χ3v) is 3.36. The van der Waals surface area contributed by atoms with Crippen molar-refractivity contribution in [2.75, 3.05) is 6.61 Å². The second-order valence-electron chi connectivity index (χ2n) is 4.46. The van der Waals surface area contributed by atoms with Crippen LogP contribution in [0, 0.1) is 0 Å². The van der Waals surface area contributed by atoms with Crippen molar-refractivity contribution >= 4 is 0 Å². The summed E-state index contributed by atoms with van der Waals surface area (Å²) >= 11 is 0. The molecule has 2 unspecified atom stereocenters. The Morgan fingerprint density at radius 1 is 1.19 bits per heavy atom. The van der Waals surface area contributed by atoms with Gasteiger partial charge in [-0.25, -0.2) is 0 Å². The standard InChI is InChI=1S/C15H20O/c1-2-12-16-15-11-7-6-10-14(15)13-8-4-3-5-9-13/h2-5,8-9,14-15H,1,6-7,10-12H2. The molecular weight excluding hydrogens is 196 g/mol. The zero-order valence-electron chi connectivity index (χ0n) is 9.77. The summed E-state index contributed by atoms with van der Waals surface area (Å²) in [5.74, 6) is 0.579. The van der Waals surface area contributed by atoms with E-state index in [4.69, 9.17) is 4.74 Å². The third kappa shape index (κ3) is 2.73. The number of benzene rings is 1. The lowest BCUT2D eigenvalue weighted by atomic mass is 9.81. The van der Waals surface area contributed by atoms with Crippen LogP contribution in [0.4, 0.5) is 0 Å². The summed E-state index contributed by atoms with van der Waals surface area (Å²) in [4.78, 5) is 0. The second-order valence-corrected chi connectivity index (χ2v) is 4.46. The molecule has 2 rings (SSSR count). The Morgan fingerprint density at radius 3 is 2.69 bits per heavy atom. The van der Waals surface area contributed by atoms with E-state index in [1.165, 1.54) is 31.2 Å². The van der Waals surface area contributed by atoms with Gasteiger partial charge in [0.15, 0.2) is 0 Å². The second kappa shape index (κ2) is 5.86. The lowest BCUT2D eigenvalue weighted by molar-refractivity contribution is 0.0299. The minimum absolute atomic E-state index is 0.383. The van der Waals surface area contributed by atoms with Crippen LogP contribution in [0.3, 0.4) is 0 Å². The maximum absolute atomic E-state index is 5.88. The van der Waals surface area contributed by atoms with Crippen molar-refractivity contribution in [2.24, 2.45) is 0 Å². The van der Waals surface area contributed by atoms with E-state index in [2.05, 4.69) is 36.9 Å². The predicted octanol–water partition coefficient (Wildman–Crippen LogP) is 3.92. The van der Waals surface area contributed by atoms with E-state index in [0.717, 1.165) is 0 Å². The van der Waals surface area contributed by atoms with Gasteiger partial charge in [-0.1, -0.05) is 49.2 Å². The normalized spacial score (nSPS) is 25.2. The zero-order chi connectivity index (χ0) is 11.2. The summed E-state index contributed by atoms with van der Waals surface area (Å²) in [7, 11) is 0. The van der Waals surface area contributed by atoms with E-state index in [-0.39, 0.29) is 0 Å². The molecule has 0 spiro atoms. The van der Waals surface area contributed by atoms with Gasteiger partial charge in [0, 0.05) is 5.92 Å². The molecule has 1 fully saturated rings. The summed E-state index contributed by atoms with van der Waals surface area (Å²) in [5.41, 5.74) is 1.43. The van der Waals surface area contributed by atoms with Gasteiger partial charge >= 0.3 is 0 Å². The fourth-order valence-electron chi connectivity index (χ4n) is 2.57. The average Bonchev–Trinajstić information content (AvgIpc) is 2.38. The molecule has 2 atom stereocenters. The molecule has 0 heterocycles. The molecule has 0 radical (unpaired) electrons. The van der Waals surface area contributed by atoms with Crippen molar-refractivity contribution in [3.8, 4) is 0 Å². The molecule has 1 saturated carbocycles. The molecule has 1 heteroatoms. The molecule has 1 aliphatic carbocycles. The van der Waals surface area contributed by atoms with E-state index in [1.54, 1.807) is 0 Å². The van der Waals surface area contributed by atoms with Gasteiger partial charge in [0.2, 0.25) is 0 Å². The maximum Gasteiger partial charge on any atom is 0.0648 e. The fourth-order valence-corrected chi connectivity index (χ4v) is 2.57. The Morgan fingerprint density at radius 2 is 1.94 bits per heavy atom. The fraction of sp³-hybridized carbons (Fsp3) is 0.467. The molecule has 0 saturated heterocycles. The van der Waals surface area contributed by atoms with Crippen molar-refractivity contribution in [1.82, 2.24) is 0 Å². The topological polar surface area (TPSA) is 9.23 Å². The van der Waals surface area contributed by atoms with Gasteiger partial charge in [0.05, 0.1) is 12.7 Å². The summed E-state index contributed by atoms with van der Waals surface area (Å²) in [6.07, 6.45) is 7.29. The van der Waals surface area contributed by atoms with Crippen molar-refractivity contribution in [3.63, 3.8) is 0 Å². The molecule has 0 bridgehead atoms. The first-order chi connectivity index (χ1) is 7.92. The Balaban J connectivity index is 2.07. The summed E-state index contributed by atoms with van der Waals surface area (Å²) in [6.45, 7) is 4.39. The van der Waals surface area contributed by atoms with Crippen LogP contribution in [0.5, 0.6) is 0 Å². The highest BCUT2D eigenvalue weighted by molar-refractivity contribution is 5.21. The lowest BCUT2D eigenvalue weighted by Gasteiger charge is -2.31. The number of hydrogen-bond acceptors (Lipinski definition) is 1. The first kappa shape index (κ1) is 11.4. The highest BCUT2D eigenvalue weighted by atomic mass is 16.5. The van der Waals surface area contributed by atoms with Crippen LogP contribution >= 0.6 is 0 Å². The maximum atomic E-state index is 5.88. The molecule has 1 aromatic rings. The monoisotopic (exact) mass is 216 g/mol. The number of ether oxygens (including phenoxy) is 1. The van der Waals surface area contributed by atoms with Crippen molar-refractivity contribution < 1.29 is 4.74 Å². The Kier molecular flexibility index (Phi) is 4.17. The van der Waals surface area contributed by atoms with Gasteiger partial charge in [-0.05, 0) is 18.4 Å². The van der Waals surface area contributed by atoms with E-state index >= 15 is 0 Å². The van der Waals surface area contributed by atoms with Crippen molar-refractivity contribution in [2.45, 2.75) is 37.7 Å². The van der Waals surface area contributed by atoms with Gasteiger partial charge < -0.3 is 4.74 Å². The van der Waals surface area contributed by atoms with Gasteiger partial charge in [-0.2, -0.15) is 0 Å². The number of hydrogen-bond donors (Lipinski definition) is 0. The quantitative estimate of drug-likeness (QED) is 0.693. The molecule has 1 aliphatic rings. The first-order valence-electron chi connectivity index (χ1n) is 6.19. The van der Waals surface area contributed by atoms with Crippen molar-refractivity contribution in [3.05, 3.63) is 48.6 Å². The van der Waals surface area contributed by atoms with Crippen LogP contribution in [-0.2, 0) is 4.74 Å². The Labute approximate surface area is 98.1 Å². The third-order valence-electron chi connectivity index (χ3n) is 3.36. The largest absolute Gasteiger partial charge is 0.374 e. The van der Waals surface area contributed by atoms with Crippen LogP contribution in [0.15, 0.2) is 43.0 Å². The summed E-state index contributed by atoms with van der Waals surface area (Å²) in [5, 5.41) is 0. The van der Waals surface area contributed by atoms with E-state index < -0.39 is 0 Å². The van der Waals surface area contributed by atoms with Crippen LogP contribution in [-0.4, -0.2) is 12.7 Å². The van der Waals surface area contributed by atoms with Crippen LogP contribution < -0.4 is 0 Å². The van der Waals surface area contributed by atoms with Gasteiger partial charge in [-0.15, -0.1) is 6.58 Å². The van der Waals surface area contributed by atoms with Gasteiger partial charge in [-0.3, -0.25) is 0 Å². The number of rotatable bonds is 4. The molecule has 86 valence electrons. The lowest BCUT2D eigenvalue weighted by Crippen LogP contribution is -2.26. The summed E-state index contributed by atoms with van der Waals surface area (Å²) in [6, 6.07) is 10.8. The molecule has 16 heavy (non-hydrogen) atoms. The molecule has 0 aromatic heterocycles. The Bertz CT molecular complexity index is 317. The average molecular weight is 216 g/mol. The van der Waals surface area contributed by atoms with E-state index in [1.807, 2.05) is 6.08 Å². The first-order valence-corrected chi connectivity index (χ1v) is 6.19.